The van der Waals surface area contributed by atoms with Crippen molar-refractivity contribution in [2.24, 2.45) is 0 Å². The third-order valence-electron chi connectivity index (χ3n) is 2.79. The highest BCUT2D eigenvalue weighted by Crippen LogP contribution is 2.32. The second-order valence-corrected chi connectivity index (χ2v) is 3.63. The topological polar surface area (TPSA) is 35.5 Å². The third-order valence-corrected chi connectivity index (χ3v) is 2.79. The number of carbonyl (C=O) groups excluding carboxylic acids is 1. The number of cyclic esters (lactones) is 1. The van der Waals surface area contributed by atoms with Gasteiger partial charge in [-0.2, -0.15) is 0 Å². The van der Waals surface area contributed by atoms with Gasteiger partial charge in [0.1, 0.15) is 12.4 Å². The quantitative estimate of drug-likeness (QED) is 0.696. The summed E-state index contributed by atoms with van der Waals surface area (Å²) in [4.78, 5) is 11.5. The van der Waals surface area contributed by atoms with E-state index < -0.39 is 0 Å². The number of hydrogen-bond donors (Lipinski definition) is 0. The molecular weight excluding hydrogens is 192 g/mol. The molecule has 2 rings (SSSR count). The van der Waals surface area contributed by atoms with E-state index in [1.165, 1.54) is 0 Å². The summed E-state index contributed by atoms with van der Waals surface area (Å²) < 4.78 is 10.3. The zero-order chi connectivity index (χ0) is 10.8. The van der Waals surface area contributed by atoms with E-state index in [9.17, 15) is 4.79 Å². The second-order valence-electron chi connectivity index (χ2n) is 3.63. The Labute approximate surface area is 89.0 Å². The van der Waals surface area contributed by atoms with Gasteiger partial charge in [0, 0.05) is 0 Å². The molecule has 1 unspecified atom stereocenters. The lowest BCUT2D eigenvalue weighted by Gasteiger charge is -2.23. The smallest absolute Gasteiger partial charge is 0.313 e. The fourth-order valence-corrected chi connectivity index (χ4v) is 1.92. The molecule has 1 aliphatic heterocycles. The van der Waals surface area contributed by atoms with Gasteiger partial charge in [0.2, 0.25) is 0 Å². The standard InChI is InChI=1S/C12H14O3/c1-3-10-11-6-9(14-2)5-4-8(11)7-15-12(10)13/h4-6,10H,3,7H2,1-2H3. The predicted octanol–water partition coefficient (Wildman–Crippen LogP) is 2.25. The molecule has 1 atom stereocenters. The monoisotopic (exact) mass is 206 g/mol. The Morgan fingerprint density at radius 2 is 2.33 bits per heavy atom. The maximum absolute atomic E-state index is 11.5. The normalized spacial score (nSPS) is 19.3. The SMILES string of the molecule is CCC1C(=O)OCc2ccc(OC)cc21. The van der Waals surface area contributed by atoms with Crippen LogP contribution in [-0.4, -0.2) is 13.1 Å². The Balaban J connectivity index is 2.45. The van der Waals surface area contributed by atoms with E-state index in [1.807, 2.05) is 25.1 Å². The Morgan fingerprint density at radius 1 is 1.53 bits per heavy atom. The minimum Gasteiger partial charge on any atom is -0.497 e. The number of rotatable bonds is 2. The fourth-order valence-electron chi connectivity index (χ4n) is 1.92. The summed E-state index contributed by atoms with van der Waals surface area (Å²) >= 11 is 0. The Morgan fingerprint density at radius 3 is 3.00 bits per heavy atom. The van der Waals surface area contributed by atoms with Crippen molar-refractivity contribution in [2.45, 2.75) is 25.9 Å². The van der Waals surface area contributed by atoms with Gasteiger partial charge in [0.15, 0.2) is 0 Å². The summed E-state index contributed by atoms with van der Waals surface area (Å²) in [7, 11) is 1.63. The number of benzene rings is 1. The zero-order valence-electron chi connectivity index (χ0n) is 8.95. The van der Waals surface area contributed by atoms with E-state index in [4.69, 9.17) is 9.47 Å². The lowest BCUT2D eigenvalue weighted by atomic mass is 9.90. The van der Waals surface area contributed by atoms with Crippen LogP contribution in [0.4, 0.5) is 0 Å². The van der Waals surface area contributed by atoms with E-state index in [2.05, 4.69) is 0 Å². The highest BCUT2D eigenvalue weighted by Gasteiger charge is 2.27. The first-order valence-electron chi connectivity index (χ1n) is 5.09. The molecule has 0 N–H and O–H groups in total. The number of hydrogen-bond acceptors (Lipinski definition) is 3. The summed E-state index contributed by atoms with van der Waals surface area (Å²) in [6.45, 7) is 2.37. The Kier molecular flexibility index (Phi) is 2.62. The van der Waals surface area contributed by atoms with Gasteiger partial charge in [-0.05, 0) is 29.7 Å². The number of fused-ring (bicyclic) bond motifs is 1. The second kappa shape index (κ2) is 3.93. The van der Waals surface area contributed by atoms with Crippen molar-refractivity contribution in [1.82, 2.24) is 0 Å². The molecule has 1 aromatic carbocycles. The first kappa shape index (κ1) is 10.0. The van der Waals surface area contributed by atoms with E-state index in [-0.39, 0.29) is 11.9 Å². The summed E-state index contributed by atoms with van der Waals surface area (Å²) in [6.07, 6.45) is 0.763. The maximum atomic E-state index is 11.5. The molecule has 80 valence electrons. The minimum absolute atomic E-state index is 0.127. The van der Waals surface area contributed by atoms with Gasteiger partial charge >= 0.3 is 5.97 Å². The van der Waals surface area contributed by atoms with E-state index in [0.717, 1.165) is 23.3 Å². The summed E-state index contributed by atoms with van der Waals surface area (Å²) in [5.74, 6) is 0.531. The van der Waals surface area contributed by atoms with Crippen LogP contribution in [0.5, 0.6) is 5.75 Å². The molecule has 1 aliphatic rings. The van der Waals surface area contributed by atoms with Crippen LogP contribution in [0.2, 0.25) is 0 Å². The van der Waals surface area contributed by atoms with Crippen LogP contribution in [0.3, 0.4) is 0 Å². The Hall–Kier alpha value is -1.51. The molecule has 0 radical (unpaired) electrons. The minimum atomic E-state index is -0.135. The molecule has 0 saturated carbocycles. The first-order chi connectivity index (χ1) is 7.26. The van der Waals surface area contributed by atoms with Gasteiger partial charge in [-0.1, -0.05) is 13.0 Å². The predicted molar refractivity (Wildman–Crippen MR) is 55.8 cm³/mol. The molecule has 0 fully saturated rings. The molecule has 0 aliphatic carbocycles. The largest absolute Gasteiger partial charge is 0.497 e. The van der Waals surface area contributed by atoms with E-state index in [1.54, 1.807) is 7.11 Å². The summed E-state index contributed by atoms with van der Waals surface area (Å²) in [5, 5.41) is 0. The summed E-state index contributed by atoms with van der Waals surface area (Å²) in [6, 6.07) is 5.79. The number of methoxy groups -OCH3 is 1. The third kappa shape index (κ3) is 1.69. The molecule has 3 nitrogen and oxygen atoms in total. The molecule has 0 amide bonds. The van der Waals surface area contributed by atoms with E-state index in [0.29, 0.717) is 6.61 Å². The lowest BCUT2D eigenvalue weighted by Crippen LogP contribution is -2.22. The fraction of sp³-hybridized carbons (Fsp3) is 0.417. The molecular formula is C12H14O3. The maximum Gasteiger partial charge on any atom is 0.313 e. The van der Waals surface area contributed by atoms with Gasteiger partial charge in [-0.15, -0.1) is 0 Å². The van der Waals surface area contributed by atoms with Crippen molar-refractivity contribution in [2.75, 3.05) is 7.11 Å². The molecule has 1 heterocycles. The lowest BCUT2D eigenvalue weighted by molar-refractivity contribution is -0.148. The van der Waals surface area contributed by atoms with Gasteiger partial charge in [-0.25, -0.2) is 0 Å². The van der Waals surface area contributed by atoms with Crippen molar-refractivity contribution in [3.05, 3.63) is 29.3 Å². The average Bonchev–Trinajstić information content (AvgIpc) is 2.28. The highest BCUT2D eigenvalue weighted by atomic mass is 16.5. The molecule has 3 heteroatoms. The Bertz CT molecular complexity index is 384. The molecule has 0 aromatic heterocycles. The van der Waals surface area contributed by atoms with Crippen molar-refractivity contribution >= 4 is 5.97 Å². The van der Waals surface area contributed by atoms with Crippen LogP contribution in [0.25, 0.3) is 0 Å². The van der Waals surface area contributed by atoms with Crippen molar-refractivity contribution in [3.8, 4) is 5.75 Å². The molecule has 0 bridgehead atoms. The van der Waals surface area contributed by atoms with Crippen molar-refractivity contribution in [3.63, 3.8) is 0 Å². The van der Waals surface area contributed by atoms with Crippen molar-refractivity contribution in [1.29, 1.82) is 0 Å². The number of esters is 1. The summed E-state index contributed by atoms with van der Waals surface area (Å²) in [5.41, 5.74) is 2.13. The van der Waals surface area contributed by atoms with Crippen molar-refractivity contribution < 1.29 is 14.3 Å². The van der Waals surface area contributed by atoms with Gasteiger partial charge in [0.25, 0.3) is 0 Å². The highest BCUT2D eigenvalue weighted by molar-refractivity contribution is 5.80. The number of carbonyl (C=O) groups is 1. The van der Waals surface area contributed by atoms with Crippen LogP contribution in [0, 0.1) is 0 Å². The van der Waals surface area contributed by atoms with Gasteiger partial charge in [0.05, 0.1) is 13.0 Å². The van der Waals surface area contributed by atoms with Gasteiger partial charge < -0.3 is 9.47 Å². The zero-order valence-corrected chi connectivity index (χ0v) is 8.95. The van der Waals surface area contributed by atoms with E-state index >= 15 is 0 Å². The van der Waals surface area contributed by atoms with Gasteiger partial charge in [-0.3, -0.25) is 4.79 Å². The van der Waals surface area contributed by atoms with Crippen LogP contribution in [0.1, 0.15) is 30.4 Å². The first-order valence-corrected chi connectivity index (χ1v) is 5.09. The van der Waals surface area contributed by atoms with Crippen LogP contribution >= 0.6 is 0 Å². The van der Waals surface area contributed by atoms with Crippen LogP contribution < -0.4 is 4.74 Å². The molecule has 0 spiro atoms. The molecule has 15 heavy (non-hydrogen) atoms. The molecule has 1 aromatic rings. The number of ether oxygens (including phenoxy) is 2. The average molecular weight is 206 g/mol. The molecule has 0 saturated heterocycles. The van der Waals surface area contributed by atoms with Crippen LogP contribution in [0.15, 0.2) is 18.2 Å². The van der Waals surface area contributed by atoms with Crippen LogP contribution in [-0.2, 0) is 16.1 Å².